The number of aliphatic hydroxyl groups is 2. The first kappa shape index (κ1) is 36.3. The number of aryl methyl sites for hydroxylation is 1. The second-order valence-corrected chi connectivity index (χ2v) is 13.8. The first-order valence-electron chi connectivity index (χ1n) is 16.6. The van der Waals surface area contributed by atoms with Crippen molar-refractivity contribution in [2.45, 2.75) is 56.2 Å². The minimum Gasteiger partial charge on any atom is -0.436 e. The number of rotatable bonds is 13. The molecule has 1 fully saturated rings. The van der Waals surface area contributed by atoms with E-state index in [0.717, 1.165) is 33.4 Å². The van der Waals surface area contributed by atoms with Gasteiger partial charge in [0.05, 0.1) is 23.7 Å². The van der Waals surface area contributed by atoms with Crippen LogP contribution in [0.2, 0.25) is 0 Å². The summed E-state index contributed by atoms with van der Waals surface area (Å²) in [5.41, 5.74) is 2.97. The van der Waals surface area contributed by atoms with Gasteiger partial charge in [-0.1, -0.05) is 36.4 Å². The molecule has 3 atom stereocenters. The van der Waals surface area contributed by atoms with Crippen LogP contribution in [0, 0.1) is 18.3 Å². The summed E-state index contributed by atoms with van der Waals surface area (Å²) < 4.78 is 25.0. The van der Waals surface area contributed by atoms with Gasteiger partial charge >= 0.3 is 0 Å². The van der Waals surface area contributed by atoms with E-state index < -0.39 is 35.2 Å². The zero-order valence-electron chi connectivity index (χ0n) is 28.6. The van der Waals surface area contributed by atoms with Crippen LogP contribution in [-0.4, -0.2) is 81.5 Å². The van der Waals surface area contributed by atoms with E-state index in [1.54, 1.807) is 50.6 Å². The second kappa shape index (κ2) is 15.0. The largest absolute Gasteiger partial charge is 0.436 e. The van der Waals surface area contributed by atoms with Crippen LogP contribution in [0.25, 0.3) is 16.7 Å². The number of fused-ring (bicyclic) bond motifs is 1. The van der Waals surface area contributed by atoms with E-state index in [1.807, 2.05) is 42.2 Å². The number of nitrogens with one attached hydrogen (secondary N) is 2. The van der Waals surface area contributed by atoms with Crippen LogP contribution in [0.5, 0.6) is 0 Å². The molecule has 51 heavy (non-hydrogen) atoms. The summed E-state index contributed by atoms with van der Waals surface area (Å²) in [6.07, 6.45) is 6.49. The number of hydrogen-bond acceptors (Lipinski definition) is 10. The number of pyridine rings is 1. The van der Waals surface area contributed by atoms with Crippen molar-refractivity contribution in [2.24, 2.45) is 0 Å². The van der Waals surface area contributed by atoms with Gasteiger partial charge in [-0.2, -0.15) is 5.26 Å². The van der Waals surface area contributed by atoms with E-state index in [4.69, 9.17) is 25.7 Å². The third-order valence-corrected chi connectivity index (χ3v) is 9.75. The molecule has 0 radical (unpaired) electrons. The normalized spacial score (nSPS) is 20.4. The number of hydrogen-bond donors (Lipinski definition) is 4. The zero-order chi connectivity index (χ0) is 36.3. The number of amides is 1. The Morgan fingerprint density at radius 3 is 2.76 bits per heavy atom. The molecule has 2 aromatic carbocycles. The minimum atomic E-state index is -1.52. The highest BCUT2D eigenvalue weighted by molar-refractivity contribution is 6.28. The van der Waals surface area contributed by atoms with Crippen molar-refractivity contribution in [3.63, 3.8) is 0 Å². The number of nitriles is 1. The van der Waals surface area contributed by atoms with Crippen molar-refractivity contribution in [2.75, 3.05) is 33.4 Å². The molecule has 1 aliphatic heterocycles. The van der Waals surface area contributed by atoms with Crippen molar-refractivity contribution >= 4 is 34.2 Å². The number of aliphatic hydroxyl groups excluding tert-OH is 1. The smallest absolute Gasteiger partial charge is 0.271 e. The van der Waals surface area contributed by atoms with Crippen LogP contribution in [0.1, 0.15) is 56.7 Å². The highest BCUT2D eigenvalue weighted by Crippen LogP contribution is 2.43. The maximum absolute atomic E-state index is 14.2. The monoisotopic (exact) mass is 714 g/mol. The van der Waals surface area contributed by atoms with Gasteiger partial charge in [-0.05, 0) is 71.5 Å². The predicted octanol–water partition coefficient (Wildman–Crippen LogP) is 4.42. The van der Waals surface area contributed by atoms with Crippen molar-refractivity contribution in [1.29, 1.82) is 5.26 Å². The third kappa shape index (κ3) is 7.46. The average molecular weight is 715 g/mol. The number of methoxy groups -OCH3 is 1. The maximum atomic E-state index is 14.2. The number of alkyl halides is 2. The Labute approximate surface area is 300 Å². The quantitative estimate of drug-likeness (QED) is 0.146. The summed E-state index contributed by atoms with van der Waals surface area (Å²) in [6, 6.07) is 15.1. The van der Waals surface area contributed by atoms with Crippen molar-refractivity contribution in [3.8, 4) is 6.07 Å². The molecule has 1 saturated heterocycles. The molecule has 0 saturated carbocycles. The molecule has 4 aromatic rings. The van der Waals surface area contributed by atoms with Gasteiger partial charge in [0.2, 0.25) is 5.89 Å². The lowest BCUT2D eigenvalue weighted by Crippen LogP contribution is -2.62. The lowest BCUT2D eigenvalue weighted by atomic mass is 9.81. The number of carbonyl (C=O) groups is 1. The molecule has 1 amide bonds. The fraction of sp³-hybridized carbons (Fsp3) is 0.368. The first-order valence-corrected chi connectivity index (χ1v) is 17.0. The number of ether oxygens (including phenoxy) is 1. The van der Waals surface area contributed by atoms with Crippen LogP contribution < -0.4 is 10.6 Å². The molecule has 0 bridgehead atoms. The summed E-state index contributed by atoms with van der Waals surface area (Å²) >= 11 is 7.41. The molecule has 2 aliphatic rings. The highest BCUT2D eigenvalue weighted by atomic mass is 35.5. The number of nitrogens with zero attached hydrogens (tertiary/aromatic N) is 4. The Kier molecular flexibility index (Phi) is 10.7. The van der Waals surface area contributed by atoms with Crippen molar-refractivity contribution < 1.29 is 28.6 Å². The molecule has 2 aromatic heterocycles. The average Bonchev–Trinajstić information content (AvgIpc) is 3.54. The lowest BCUT2D eigenvalue weighted by Gasteiger charge is -2.44. The number of aromatic nitrogens is 2. The van der Waals surface area contributed by atoms with Gasteiger partial charge in [-0.15, -0.1) is 11.6 Å². The lowest BCUT2D eigenvalue weighted by molar-refractivity contribution is -0.113. The van der Waals surface area contributed by atoms with Crippen molar-refractivity contribution in [1.82, 2.24) is 25.5 Å². The maximum Gasteiger partial charge on any atom is 0.271 e. The van der Waals surface area contributed by atoms with Gasteiger partial charge in [0, 0.05) is 46.0 Å². The molecular formula is C38H40ClFN6O5. The summed E-state index contributed by atoms with van der Waals surface area (Å²) in [4.78, 5) is 25.4. The number of carbonyl (C=O) groups excluding carboxylic acids is 1. The first-order chi connectivity index (χ1) is 24.5. The van der Waals surface area contributed by atoms with E-state index in [-0.39, 0.29) is 42.4 Å². The van der Waals surface area contributed by atoms with Crippen molar-refractivity contribution in [3.05, 3.63) is 112 Å². The fourth-order valence-electron chi connectivity index (χ4n) is 6.63. The molecule has 11 nitrogen and oxygen atoms in total. The van der Waals surface area contributed by atoms with Crippen LogP contribution in [0.4, 0.5) is 4.39 Å². The van der Waals surface area contributed by atoms with Crippen LogP contribution in [0.3, 0.4) is 0 Å². The molecule has 13 heteroatoms. The van der Waals surface area contributed by atoms with E-state index in [2.05, 4.69) is 21.7 Å². The molecule has 266 valence electrons. The predicted molar refractivity (Wildman–Crippen MR) is 190 cm³/mol. The Balaban J connectivity index is 1.39. The standard InChI is InChI=1S/C38H40ClFN6O5/c1-23-7-4-5-8-29(23)30-9-6-10-38(34(30)39,45-35(48)32-13-27(19-50-3)28(17-43-32)16-42-15-24(2)47)36-44-31-12-25(11-26(14-41)33(31)51-36)18-46-21-37(49,20-40)22-46/h4-13,17,24,34,42,47,49H,15-16,18-22H2,1-3H3,(H,45,48). The van der Waals surface area contributed by atoms with Gasteiger partial charge in [-0.3, -0.25) is 14.7 Å². The summed E-state index contributed by atoms with van der Waals surface area (Å²) in [6.45, 7) is 4.59. The van der Waals surface area contributed by atoms with E-state index in [9.17, 15) is 24.7 Å². The summed E-state index contributed by atoms with van der Waals surface area (Å²) in [5, 5.41) is 35.3. The second-order valence-electron chi connectivity index (χ2n) is 13.4. The number of likely N-dealkylation sites (tertiary alicyclic amines) is 1. The van der Waals surface area contributed by atoms with Crippen LogP contribution in [-0.2, 0) is 30.0 Å². The number of β-amino-alcohol motifs (C(OH)–C–C–N with tert-alkyl or cyclic N) is 1. The van der Waals surface area contributed by atoms with Gasteiger partial charge in [0.25, 0.3) is 5.91 Å². The summed E-state index contributed by atoms with van der Waals surface area (Å²) in [5.74, 6) is -0.472. The SMILES string of the molecule is COCc1cc(C(=O)NC2(c3nc4cc(CN5CC(O)(CF)C5)cc(C#N)c4o3)C=CC=C(c3ccccc3C)C2Cl)ncc1CNCC(C)O. The number of benzene rings is 2. The molecule has 3 heterocycles. The van der Waals surface area contributed by atoms with Gasteiger partial charge in [-0.25, -0.2) is 9.37 Å². The van der Waals surface area contributed by atoms with E-state index in [1.165, 1.54) is 0 Å². The molecule has 6 rings (SSSR count). The number of oxazole rings is 1. The minimum absolute atomic E-state index is 0.0711. The molecule has 0 spiro atoms. The molecule has 3 unspecified atom stereocenters. The number of halogens is 2. The zero-order valence-corrected chi connectivity index (χ0v) is 29.4. The molecular weight excluding hydrogens is 675 g/mol. The Morgan fingerprint density at radius 1 is 1.27 bits per heavy atom. The highest BCUT2D eigenvalue weighted by Gasteiger charge is 2.47. The van der Waals surface area contributed by atoms with E-state index >= 15 is 0 Å². The Bertz CT molecular complexity index is 2030. The van der Waals surface area contributed by atoms with Crippen LogP contribution in [0.15, 0.2) is 71.3 Å². The van der Waals surface area contributed by atoms with Gasteiger partial charge in [0.1, 0.15) is 29.6 Å². The topological polar surface area (TPSA) is 157 Å². The van der Waals surface area contributed by atoms with Gasteiger partial charge in [0.15, 0.2) is 11.1 Å². The fourth-order valence-corrected chi connectivity index (χ4v) is 7.04. The molecule has 1 aliphatic carbocycles. The van der Waals surface area contributed by atoms with E-state index in [0.29, 0.717) is 25.2 Å². The Morgan fingerprint density at radius 2 is 2.06 bits per heavy atom. The molecule has 4 N–H and O–H groups in total. The third-order valence-electron chi connectivity index (χ3n) is 9.17. The van der Waals surface area contributed by atoms with Crippen LogP contribution >= 0.6 is 11.6 Å². The number of allylic oxidation sites excluding steroid dienone is 2. The summed E-state index contributed by atoms with van der Waals surface area (Å²) in [7, 11) is 1.56. The van der Waals surface area contributed by atoms with Gasteiger partial charge < -0.3 is 30.0 Å². The Hall–Kier alpha value is -4.48.